The van der Waals surface area contributed by atoms with E-state index in [0.29, 0.717) is 0 Å². The lowest BCUT2D eigenvalue weighted by Crippen LogP contribution is -2.56. The standard InChI is InChI=1S/C36H53NO5Si/c1-11-41-33(38)22-21-30-27(8)34(39)32(43(24(2)3,25(4)5)26(6)7)23-37(30)35(40)42-31-20-16-15-19-29(31)36(9,10)28-17-13-12-14-18-28/h12-14,17-18,23-27,29-31H,11,15-16,19-20H2,1-10H3/t27-,29+,30+,31+/m1/s1. The molecule has 1 aromatic carbocycles. The Hall–Kier alpha value is -2.85. The third-order valence-corrected chi connectivity index (χ3v) is 17.3. The maximum atomic E-state index is 14.3. The van der Waals surface area contributed by atoms with Gasteiger partial charge in [0.05, 0.1) is 12.5 Å². The van der Waals surface area contributed by atoms with Crippen LogP contribution < -0.4 is 0 Å². The fourth-order valence-electron chi connectivity index (χ4n) is 8.17. The van der Waals surface area contributed by atoms with Gasteiger partial charge in [0.25, 0.3) is 0 Å². The van der Waals surface area contributed by atoms with Gasteiger partial charge in [0, 0.05) is 23.2 Å². The van der Waals surface area contributed by atoms with E-state index in [1.165, 1.54) is 10.5 Å². The van der Waals surface area contributed by atoms with Crippen LogP contribution >= 0.6 is 0 Å². The molecule has 1 aromatic rings. The zero-order valence-corrected chi connectivity index (χ0v) is 29.0. The number of esters is 1. The average molecular weight is 608 g/mol. The number of amides is 1. The second-order valence-corrected chi connectivity index (χ2v) is 19.7. The average Bonchev–Trinajstić information content (AvgIpc) is 2.95. The molecule has 0 N–H and O–H groups in total. The number of carbonyl (C=O) groups is 3. The smallest absolute Gasteiger partial charge is 0.415 e. The van der Waals surface area contributed by atoms with Crippen molar-refractivity contribution in [2.75, 3.05) is 6.61 Å². The predicted molar refractivity (Wildman–Crippen MR) is 175 cm³/mol. The molecule has 1 saturated carbocycles. The lowest BCUT2D eigenvalue weighted by Gasteiger charge is -2.48. The summed E-state index contributed by atoms with van der Waals surface area (Å²) in [5.74, 6) is 4.35. The summed E-state index contributed by atoms with van der Waals surface area (Å²) in [6.07, 6.45) is 4.82. The molecule has 2 aliphatic rings. The topological polar surface area (TPSA) is 72.9 Å². The highest BCUT2D eigenvalue weighted by molar-refractivity contribution is 6.93. The largest absolute Gasteiger partial charge is 0.456 e. The molecule has 1 aliphatic carbocycles. The highest BCUT2D eigenvalue weighted by Crippen LogP contribution is 2.49. The van der Waals surface area contributed by atoms with Gasteiger partial charge in [-0.05, 0) is 53.8 Å². The van der Waals surface area contributed by atoms with Crippen LogP contribution in [0, 0.1) is 23.7 Å². The van der Waals surface area contributed by atoms with E-state index in [1.807, 2.05) is 13.0 Å². The first-order chi connectivity index (χ1) is 20.2. The van der Waals surface area contributed by atoms with E-state index in [0.717, 1.165) is 30.9 Å². The van der Waals surface area contributed by atoms with Gasteiger partial charge in [0.2, 0.25) is 0 Å². The number of hydrogen-bond donors (Lipinski definition) is 0. The summed E-state index contributed by atoms with van der Waals surface area (Å²) in [7, 11) is -2.42. The molecule has 1 amide bonds. The van der Waals surface area contributed by atoms with Gasteiger partial charge < -0.3 is 9.47 Å². The second-order valence-electron chi connectivity index (χ2n) is 13.8. The molecule has 0 aromatic heterocycles. The number of ether oxygens (including phenoxy) is 2. The molecule has 3 rings (SSSR count). The van der Waals surface area contributed by atoms with Gasteiger partial charge in [-0.3, -0.25) is 9.69 Å². The van der Waals surface area contributed by atoms with Crippen molar-refractivity contribution < 1.29 is 23.9 Å². The molecule has 0 saturated heterocycles. The molecule has 236 valence electrons. The number of rotatable bonds is 8. The van der Waals surface area contributed by atoms with E-state index in [-0.39, 0.29) is 46.5 Å². The van der Waals surface area contributed by atoms with E-state index in [2.05, 4.69) is 91.5 Å². The van der Waals surface area contributed by atoms with Crippen molar-refractivity contribution in [3.8, 4) is 11.8 Å². The number of carbonyl (C=O) groups excluding carboxylic acids is 3. The molecule has 1 fully saturated rings. The Morgan fingerprint density at radius 2 is 1.58 bits per heavy atom. The minimum absolute atomic E-state index is 0.0238. The highest BCUT2D eigenvalue weighted by atomic mass is 28.3. The molecule has 0 bridgehead atoms. The van der Waals surface area contributed by atoms with Crippen molar-refractivity contribution in [3.63, 3.8) is 0 Å². The third kappa shape index (κ3) is 6.95. The molecule has 6 nitrogen and oxygen atoms in total. The number of nitrogens with zero attached hydrogens (tertiary/aromatic N) is 1. The number of Topliss-reactive ketones (excluding diaryl/α,β-unsaturated/α-hetero) is 1. The van der Waals surface area contributed by atoms with Gasteiger partial charge >= 0.3 is 12.1 Å². The Morgan fingerprint density at radius 1 is 1.00 bits per heavy atom. The molecule has 0 unspecified atom stereocenters. The van der Waals surface area contributed by atoms with Crippen LogP contribution in [0.25, 0.3) is 0 Å². The fourth-order valence-corrected chi connectivity index (χ4v) is 15.1. The van der Waals surface area contributed by atoms with Crippen LogP contribution in [0.5, 0.6) is 0 Å². The Morgan fingerprint density at radius 3 is 2.14 bits per heavy atom. The summed E-state index contributed by atoms with van der Waals surface area (Å²) in [4.78, 5) is 42.2. The molecule has 0 radical (unpaired) electrons. The molecule has 4 atom stereocenters. The van der Waals surface area contributed by atoms with E-state index < -0.39 is 32.1 Å². The van der Waals surface area contributed by atoms with E-state index >= 15 is 0 Å². The Balaban J connectivity index is 2.10. The maximum Gasteiger partial charge on any atom is 0.415 e. The Kier molecular flexibility index (Phi) is 11.5. The van der Waals surface area contributed by atoms with Crippen LogP contribution in [-0.4, -0.2) is 49.6 Å². The molecule has 7 heteroatoms. The maximum absolute atomic E-state index is 14.3. The molecule has 1 aliphatic heterocycles. The van der Waals surface area contributed by atoms with Crippen molar-refractivity contribution in [1.29, 1.82) is 0 Å². The van der Waals surface area contributed by atoms with Crippen LogP contribution in [0.15, 0.2) is 41.7 Å². The van der Waals surface area contributed by atoms with Crippen LogP contribution in [-0.2, 0) is 24.5 Å². The summed E-state index contributed by atoms with van der Waals surface area (Å²) in [6.45, 7) is 21.5. The van der Waals surface area contributed by atoms with Gasteiger partial charge in [-0.15, -0.1) is 0 Å². The molecular weight excluding hydrogens is 554 g/mol. The minimum Gasteiger partial charge on any atom is -0.456 e. The first kappa shape index (κ1) is 34.6. The SMILES string of the molecule is CCOC(=O)C#C[C@H]1[C@@H](C)C(=O)C([Si](C(C)C)(C(C)C)C(C)C)=CN1C(=O)O[C@H]1CCCC[C@@H]1C(C)(C)c1ccccc1. The molecule has 1 heterocycles. The van der Waals surface area contributed by atoms with Crippen LogP contribution in [0.3, 0.4) is 0 Å². The van der Waals surface area contributed by atoms with Crippen LogP contribution in [0.1, 0.15) is 100 Å². The third-order valence-electron chi connectivity index (χ3n) is 10.3. The van der Waals surface area contributed by atoms with Gasteiger partial charge in [0.15, 0.2) is 5.78 Å². The second kappa shape index (κ2) is 14.3. The van der Waals surface area contributed by atoms with Gasteiger partial charge in [0.1, 0.15) is 20.2 Å². The lowest BCUT2D eigenvalue weighted by atomic mass is 9.66. The van der Waals surface area contributed by atoms with Crippen molar-refractivity contribution in [2.45, 2.75) is 129 Å². The quantitative estimate of drug-likeness (QED) is 0.129. The van der Waals surface area contributed by atoms with Crippen molar-refractivity contribution in [2.24, 2.45) is 11.8 Å². The van der Waals surface area contributed by atoms with E-state index in [9.17, 15) is 14.4 Å². The van der Waals surface area contributed by atoms with Crippen molar-refractivity contribution in [3.05, 3.63) is 47.3 Å². The predicted octanol–water partition coefficient (Wildman–Crippen LogP) is 8.22. The van der Waals surface area contributed by atoms with Gasteiger partial charge in [-0.1, -0.05) is 105 Å². The first-order valence-electron chi connectivity index (χ1n) is 16.2. The summed E-state index contributed by atoms with van der Waals surface area (Å²) < 4.78 is 11.5. The lowest BCUT2D eigenvalue weighted by molar-refractivity contribution is -0.136. The normalized spacial score (nSPS) is 23.1. The summed E-state index contributed by atoms with van der Waals surface area (Å²) in [5, 5.41) is 0.774. The molecule has 43 heavy (non-hydrogen) atoms. The van der Waals surface area contributed by atoms with Crippen molar-refractivity contribution in [1.82, 2.24) is 4.90 Å². The van der Waals surface area contributed by atoms with E-state index in [1.54, 1.807) is 13.1 Å². The summed E-state index contributed by atoms with van der Waals surface area (Å²) in [5.41, 5.74) is 1.87. The number of benzene rings is 1. The van der Waals surface area contributed by atoms with Gasteiger partial charge in [-0.2, -0.15) is 0 Å². The number of hydrogen-bond acceptors (Lipinski definition) is 5. The first-order valence-corrected chi connectivity index (χ1v) is 18.4. The number of ketones is 1. The van der Waals surface area contributed by atoms with Crippen LogP contribution in [0.4, 0.5) is 4.79 Å². The van der Waals surface area contributed by atoms with E-state index in [4.69, 9.17) is 9.47 Å². The summed E-state index contributed by atoms with van der Waals surface area (Å²) in [6, 6.07) is 9.61. The van der Waals surface area contributed by atoms with Crippen LogP contribution in [0.2, 0.25) is 16.6 Å². The molecule has 0 spiro atoms. The van der Waals surface area contributed by atoms with Gasteiger partial charge in [-0.25, -0.2) is 9.59 Å². The minimum atomic E-state index is -2.42. The Labute approximate surface area is 261 Å². The Bertz CT molecular complexity index is 1220. The highest BCUT2D eigenvalue weighted by Gasteiger charge is 2.53. The summed E-state index contributed by atoms with van der Waals surface area (Å²) >= 11 is 0. The zero-order chi connectivity index (χ0) is 32.1. The monoisotopic (exact) mass is 607 g/mol. The fraction of sp³-hybridized carbons (Fsp3) is 0.639. The van der Waals surface area contributed by atoms with Crippen molar-refractivity contribution >= 4 is 25.9 Å². The molecular formula is C36H53NO5Si. The zero-order valence-electron chi connectivity index (χ0n) is 28.0. The number of allylic oxidation sites excluding steroid dienone is 1.